The van der Waals surface area contributed by atoms with Crippen LogP contribution in [0.5, 0.6) is 17.4 Å². The zero-order valence-electron chi connectivity index (χ0n) is 26.2. The van der Waals surface area contributed by atoms with Gasteiger partial charge in [-0.05, 0) is 38.1 Å². The zero-order chi connectivity index (χ0) is 31.7. The van der Waals surface area contributed by atoms with Crippen molar-refractivity contribution >= 4 is 18.0 Å². The summed E-state index contributed by atoms with van der Waals surface area (Å²) >= 11 is 0. The minimum Gasteiger partial charge on any atom is -0.492 e. The number of amides is 2. The Morgan fingerprint density at radius 3 is 2.73 bits per heavy atom. The smallest absolute Gasteiger partial charge is 0.244 e. The first-order valence-corrected chi connectivity index (χ1v) is 15.4. The lowest BCUT2D eigenvalue weighted by Gasteiger charge is -2.29. The van der Waals surface area contributed by atoms with E-state index in [0.717, 1.165) is 63.7 Å². The van der Waals surface area contributed by atoms with E-state index in [9.17, 15) is 9.59 Å². The van der Waals surface area contributed by atoms with E-state index in [1.54, 1.807) is 25.6 Å². The highest BCUT2D eigenvalue weighted by Gasteiger charge is 2.18. The maximum atomic E-state index is 12.9. The van der Waals surface area contributed by atoms with E-state index >= 15 is 0 Å². The van der Waals surface area contributed by atoms with Gasteiger partial charge < -0.3 is 39.4 Å². The number of methoxy groups -OCH3 is 1. The molecule has 4 heterocycles. The number of aromatic nitrogens is 3. The average molecular weight is 624 g/mol. The van der Waals surface area contributed by atoms with E-state index < -0.39 is 0 Å². The molecule has 2 aliphatic rings. The van der Waals surface area contributed by atoms with E-state index in [0.29, 0.717) is 44.3 Å². The predicted octanol–water partition coefficient (Wildman–Crippen LogP) is 2.22. The van der Waals surface area contributed by atoms with Gasteiger partial charge in [0.05, 0.1) is 38.8 Å². The van der Waals surface area contributed by atoms with Gasteiger partial charge in [0.2, 0.25) is 18.2 Å². The van der Waals surface area contributed by atoms with Gasteiger partial charge in [-0.1, -0.05) is 17.7 Å². The van der Waals surface area contributed by atoms with Gasteiger partial charge in [-0.25, -0.2) is 4.98 Å². The van der Waals surface area contributed by atoms with Crippen molar-refractivity contribution in [1.82, 2.24) is 29.9 Å². The molecule has 2 aliphatic heterocycles. The molecule has 0 saturated carbocycles. The highest BCUT2D eigenvalue weighted by molar-refractivity contribution is 5.76. The number of piperazine rings is 1. The fourth-order valence-electron chi connectivity index (χ4n) is 4.90. The molecular formula is C32H45N7O6. The molecule has 45 heavy (non-hydrogen) atoms. The molecular weight excluding hydrogens is 578 g/mol. The van der Waals surface area contributed by atoms with E-state index in [1.165, 1.54) is 16.4 Å². The number of nitrogens with one attached hydrogen (secondary N) is 2. The maximum absolute atomic E-state index is 12.9. The molecule has 2 aromatic heterocycles. The quantitative estimate of drug-likeness (QED) is 0.243. The molecule has 0 spiro atoms. The Kier molecular flexibility index (Phi) is 13.9. The largest absolute Gasteiger partial charge is 0.492 e. The lowest BCUT2D eigenvalue weighted by Crippen LogP contribution is -2.45. The Labute approximate surface area is 264 Å². The summed E-state index contributed by atoms with van der Waals surface area (Å²) < 4.78 is 23.3. The second kappa shape index (κ2) is 18.6. The Hall–Kier alpha value is -4.20. The summed E-state index contributed by atoms with van der Waals surface area (Å²) in [7, 11) is 1.59. The third-order valence-electron chi connectivity index (χ3n) is 7.38. The van der Waals surface area contributed by atoms with Crippen LogP contribution in [0.1, 0.15) is 18.4 Å². The van der Waals surface area contributed by atoms with Crippen LogP contribution < -0.4 is 24.8 Å². The Balaban J connectivity index is 0.000000273. The first-order valence-electron chi connectivity index (χ1n) is 15.4. The summed E-state index contributed by atoms with van der Waals surface area (Å²) in [5.41, 5.74) is 1.75. The molecule has 2 N–H and O–H groups in total. The number of ether oxygens (including phenoxy) is 4. The van der Waals surface area contributed by atoms with Crippen molar-refractivity contribution < 1.29 is 28.5 Å². The summed E-state index contributed by atoms with van der Waals surface area (Å²) in [6.07, 6.45) is 7.46. The number of rotatable bonds is 15. The number of nitrogens with zero attached hydrogens (tertiary/aromatic N) is 5. The van der Waals surface area contributed by atoms with Crippen molar-refractivity contribution in [1.29, 1.82) is 0 Å². The summed E-state index contributed by atoms with van der Waals surface area (Å²) in [5.74, 6) is 2.14. The molecule has 0 aliphatic carbocycles. The maximum Gasteiger partial charge on any atom is 0.244 e. The van der Waals surface area contributed by atoms with Crippen LogP contribution >= 0.6 is 0 Å². The molecule has 1 aromatic carbocycles. The van der Waals surface area contributed by atoms with Gasteiger partial charge in [0.1, 0.15) is 30.8 Å². The lowest BCUT2D eigenvalue weighted by molar-refractivity contribution is -0.132. The predicted molar refractivity (Wildman–Crippen MR) is 170 cm³/mol. The summed E-state index contributed by atoms with van der Waals surface area (Å²) in [6.45, 7) is 10.3. The van der Waals surface area contributed by atoms with Gasteiger partial charge in [0.15, 0.2) is 0 Å². The number of carbonyl (C=O) groups excluding carboxylic acids is 2. The van der Waals surface area contributed by atoms with Crippen LogP contribution in [0.3, 0.4) is 0 Å². The summed E-state index contributed by atoms with van der Waals surface area (Å²) in [4.78, 5) is 31.8. The molecule has 2 fully saturated rings. The van der Waals surface area contributed by atoms with E-state index in [-0.39, 0.29) is 18.6 Å². The highest BCUT2D eigenvalue weighted by atomic mass is 16.5. The third-order valence-corrected chi connectivity index (χ3v) is 7.38. The molecule has 2 amide bonds. The van der Waals surface area contributed by atoms with E-state index in [1.807, 2.05) is 42.2 Å². The number of anilines is 1. The molecule has 1 atom stereocenters. The molecule has 13 nitrogen and oxygen atoms in total. The van der Waals surface area contributed by atoms with Crippen molar-refractivity contribution in [3.63, 3.8) is 0 Å². The fourth-order valence-corrected chi connectivity index (χ4v) is 4.90. The number of aryl methyl sites for hydroxylation is 1. The van der Waals surface area contributed by atoms with Gasteiger partial charge in [0, 0.05) is 57.6 Å². The van der Waals surface area contributed by atoms with Gasteiger partial charge in [0.25, 0.3) is 0 Å². The first kappa shape index (κ1) is 33.7. The van der Waals surface area contributed by atoms with Crippen molar-refractivity contribution in [2.45, 2.75) is 32.4 Å². The van der Waals surface area contributed by atoms with Crippen molar-refractivity contribution in [3.05, 3.63) is 60.6 Å². The molecule has 244 valence electrons. The Bertz CT molecular complexity index is 1290. The molecule has 0 radical (unpaired) electrons. The van der Waals surface area contributed by atoms with Gasteiger partial charge in [-0.3, -0.25) is 14.3 Å². The van der Waals surface area contributed by atoms with Crippen LogP contribution in [0, 0.1) is 6.92 Å². The first-order chi connectivity index (χ1) is 22.0. The average Bonchev–Trinajstić information content (AvgIpc) is 3.74. The molecule has 3 aromatic rings. The monoisotopic (exact) mass is 623 g/mol. The number of hydrogen-bond donors (Lipinski definition) is 2. The second-order valence-corrected chi connectivity index (χ2v) is 10.8. The van der Waals surface area contributed by atoms with E-state index in [2.05, 4.69) is 25.6 Å². The minimum absolute atomic E-state index is 0.0198. The van der Waals surface area contributed by atoms with Crippen molar-refractivity contribution in [2.75, 3.05) is 78.1 Å². The number of benzene rings is 1. The summed E-state index contributed by atoms with van der Waals surface area (Å²) in [6, 6.07) is 11.5. The van der Waals surface area contributed by atoms with Crippen LogP contribution in [-0.2, 0) is 20.9 Å². The van der Waals surface area contributed by atoms with Crippen LogP contribution in [0.2, 0.25) is 0 Å². The van der Waals surface area contributed by atoms with Gasteiger partial charge >= 0.3 is 0 Å². The van der Waals surface area contributed by atoms with Crippen LogP contribution in [-0.4, -0.2) is 116 Å². The van der Waals surface area contributed by atoms with Crippen LogP contribution in [0.4, 0.5) is 5.69 Å². The lowest BCUT2D eigenvalue weighted by atomic mass is 10.2. The van der Waals surface area contributed by atoms with Crippen LogP contribution in [0.15, 0.2) is 55.0 Å². The number of hydrogen-bond acceptors (Lipinski definition) is 10. The number of carbonyl (C=O) groups is 2. The molecule has 2 saturated heterocycles. The fraction of sp³-hybridized carbons (Fsp3) is 0.500. The third kappa shape index (κ3) is 12.0. The minimum atomic E-state index is -0.0198. The summed E-state index contributed by atoms with van der Waals surface area (Å²) in [5, 5.41) is 10.0. The van der Waals surface area contributed by atoms with Crippen molar-refractivity contribution in [3.8, 4) is 17.4 Å². The van der Waals surface area contributed by atoms with Gasteiger partial charge in [-0.2, -0.15) is 5.10 Å². The highest BCUT2D eigenvalue weighted by Crippen LogP contribution is 2.20. The number of pyridine rings is 1. The Morgan fingerprint density at radius 2 is 2.00 bits per heavy atom. The standard InChI is InChI=1S/C22H32N6O3.C10H13NO3/c1-19-3-5-21(6-4-19)31-14-13-27(10-2-9-26-11-7-23-8-12-26)22(30)17-28-16-20(15-25-28)24-18-29;1-12-10-6-8(2-4-11-10)14-9-3-5-13-7-9/h3-6,15-16,18,23H,2,7-14,17H2,1H3,(H,24,29);2,4,6,9H,3,5,7H2,1H3. The van der Waals surface area contributed by atoms with Crippen molar-refractivity contribution in [2.24, 2.45) is 0 Å². The Morgan fingerprint density at radius 1 is 1.18 bits per heavy atom. The van der Waals surface area contributed by atoms with Crippen LogP contribution in [0.25, 0.3) is 0 Å². The molecule has 5 rings (SSSR count). The second-order valence-electron chi connectivity index (χ2n) is 10.8. The SMILES string of the molecule is COc1cc(OC2CCOC2)ccn1.Cc1ccc(OCCN(CCCN2CCNCC2)C(=O)Cn2cc(NC=O)cn2)cc1. The topological polar surface area (TPSA) is 132 Å². The van der Waals surface area contributed by atoms with Gasteiger partial charge in [-0.15, -0.1) is 0 Å². The zero-order valence-corrected chi connectivity index (χ0v) is 26.2. The van der Waals surface area contributed by atoms with E-state index in [4.69, 9.17) is 18.9 Å². The normalized spacial score (nSPS) is 16.3. The molecule has 1 unspecified atom stereocenters. The molecule has 13 heteroatoms. The molecule has 0 bridgehead atoms.